The summed E-state index contributed by atoms with van der Waals surface area (Å²) in [6.07, 6.45) is 8.91. The van der Waals surface area contributed by atoms with Crippen LogP contribution in [0.2, 0.25) is 0 Å². The van der Waals surface area contributed by atoms with E-state index in [-0.39, 0.29) is 6.04 Å². The second-order valence-corrected chi connectivity index (χ2v) is 8.65. The smallest absolute Gasteiger partial charge is 0.313 e. The fourth-order valence-corrected chi connectivity index (χ4v) is 5.38. The molecule has 1 heterocycles. The predicted octanol–water partition coefficient (Wildman–Crippen LogP) is 3.56. The summed E-state index contributed by atoms with van der Waals surface area (Å²) in [5.74, 6) is 1.01. The minimum absolute atomic E-state index is 0.0695. The fraction of sp³-hybridized carbons (Fsp3) is 0.636. The molecule has 3 aliphatic rings. The average Bonchev–Trinajstić information content (AvgIpc) is 3.33. The van der Waals surface area contributed by atoms with Crippen LogP contribution in [0.25, 0.3) is 0 Å². The maximum Gasteiger partial charge on any atom is 0.313 e. The van der Waals surface area contributed by atoms with Crippen LogP contribution < -0.4 is 15.5 Å². The van der Waals surface area contributed by atoms with Crippen LogP contribution in [0.5, 0.6) is 0 Å². The number of nitrogens with zero attached hydrogens (tertiary/aromatic N) is 1. The lowest BCUT2D eigenvalue weighted by Gasteiger charge is -2.29. The van der Waals surface area contributed by atoms with Gasteiger partial charge in [0.15, 0.2) is 0 Å². The normalized spacial score (nSPS) is 28.0. The highest BCUT2D eigenvalue weighted by Crippen LogP contribution is 2.49. The third-order valence-electron chi connectivity index (χ3n) is 6.85. The van der Waals surface area contributed by atoms with Crippen molar-refractivity contribution in [3.63, 3.8) is 0 Å². The summed E-state index contributed by atoms with van der Waals surface area (Å²) in [7, 11) is 0. The molecule has 2 amide bonds. The molecule has 1 aromatic rings. The molecule has 3 fully saturated rings. The van der Waals surface area contributed by atoms with Crippen molar-refractivity contribution >= 4 is 23.2 Å². The van der Waals surface area contributed by atoms with Crippen molar-refractivity contribution in [2.24, 2.45) is 17.8 Å². The summed E-state index contributed by atoms with van der Waals surface area (Å²) >= 11 is 0. The minimum Gasteiger partial charge on any atom is -0.372 e. The molecule has 146 valence electrons. The van der Waals surface area contributed by atoms with E-state index in [0.717, 1.165) is 24.9 Å². The molecule has 4 atom stereocenters. The Balaban J connectivity index is 1.28. The number of carbonyl (C=O) groups excluding carboxylic acids is 2. The van der Waals surface area contributed by atoms with E-state index in [2.05, 4.69) is 15.5 Å². The van der Waals surface area contributed by atoms with Crippen LogP contribution in [0.4, 0.5) is 11.4 Å². The highest BCUT2D eigenvalue weighted by molar-refractivity contribution is 6.39. The van der Waals surface area contributed by atoms with E-state index in [1.54, 1.807) is 0 Å². The number of piperidine rings is 1. The third kappa shape index (κ3) is 4.12. The quantitative estimate of drug-likeness (QED) is 0.798. The van der Waals surface area contributed by atoms with Gasteiger partial charge in [0.05, 0.1) is 0 Å². The fourth-order valence-electron chi connectivity index (χ4n) is 5.38. The zero-order valence-corrected chi connectivity index (χ0v) is 16.2. The molecule has 5 nitrogen and oxygen atoms in total. The Morgan fingerprint density at radius 3 is 2.37 bits per heavy atom. The standard InChI is InChI=1S/C22H31N3O2/c1-15(20-14-16-5-6-17(20)13-16)23-21(26)22(27)24-18-7-9-19(10-8-18)25-11-3-2-4-12-25/h7-10,15-17,20H,2-6,11-14H2,1H3,(H,23,26)(H,24,27). The first-order chi connectivity index (χ1) is 13.1. The van der Waals surface area contributed by atoms with Crippen molar-refractivity contribution in [1.29, 1.82) is 0 Å². The Kier molecular flexibility index (Phi) is 5.37. The van der Waals surface area contributed by atoms with Gasteiger partial charge in [0.1, 0.15) is 0 Å². The molecule has 27 heavy (non-hydrogen) atoms. The van der Waals surface area contributed by atoms with Crippen LogP contribution in [0.3, 0.4) is 0 Å². The van der Waals surface area contributed by atoms with Crippen molar-refractivity contribution in [2.45, 2.75) is 57.9 Å². The van der Waals surface area contributed by atoms with Crippen LogP contribution in [0.15, 0.2) is 24.3 Å². The number of anilines is 2. The molecule has 1 saturated heterocycles. The van der Waals surface area contributed by atoms with Gasteiger partial charge in [-0.2, -0.15) is 0 Å². The molecule has 1 aromatic carbocycles. The van der Waals surface area contributed by atoms with E-state index in [1.165, 1.54) is 50.6 Å². The number of amides is 2. The van der Waals surface area contributed by atoms with E-state index in [4.69, 9.17) is 0 Å². The molecule has 2 aliphatic carbocycles. The molecule has 0 radical (unpaired) electrons. The second-order valence-electron chi connectivity index (χ2n) is 8.65. The van der Waals surface area contributed by atoms with E-state index in [9.17, 15) is 9.59 Å². The number of hydrogen-bond acceptors (Lipinski definition) is 3. The second kappa shape index (κ2) is 7.91. The van der Waals surface area contributed by atoms with Gasteiger partial charge in [0.25, 0.3) is 0 Å². The summed E-state index contributed by atoms with van der Waals surface area (Å²) < 4.78 is 0. The first-order valence-electron chi connectivity index (χ1n) is 10.6. The van der Waals surface area contributed by atoms with E-state index >= 15 is 0 Å². The molecule has 2 N–H and O–H groups in total. The highest BCUT2D eigenvalue weighted by Gasteiger charge is 2.42. The molecule has 4 rings (SSSR count). The van der Waals surface area contributed by atoms with Crippen LogP contribution in [-0.4, -0.2) is 30.9 Å². The summed E-state index contributed by atoms with van der Waals surface area (Å²) in [6, 6.07) is 7.89. The Labute approximate surface area is 161 Å². The molecule has 5 heteroatoms. The van der Waals surface area contributed by atoms with Gasteiger partial charge < -0.3 is 15.5 Å². The van der Waals surface area contributed by atoms with Crippen molar-refractivity contribution < 1.29 is 9.59 Å². The van der Waals surface area contributed by atoms with Gasteiger partial charge >= 0.3 is 11.8 Å². The lowest BCUT2D eigenvalue weighted by Crippen LogP contribution is -2.45. The molecule has 2 bridgehead atoms. The minimum atomic E-state index is -0.573. The van der Waals surface area contributed by atoms with Gasteiger partial charge in [-0.25, -0.2) is 0 Å². The molecule has 0 aromatic heterocycles. The van der Waals surface area contributed by atoms with Gasteiger partial charge in [-0.15, -0.1) is 0 Å². The zero-order chi connectivity index (χ0) is 18.8. The summed E-state index contributed by atoms with van der Waals surface area (Å²) in [5.41, 5.74) is 1.85. The monoisotopic (exact) mass is 369 g/mol. The van der Waals surface area contributed by atoms with Crippen LogP contribution >= 0.6 is 0 Å². The van der Waals surface area contributed by atoms with Crippen molar-refractivity contribution in [3.05, 3.63) is 24.3 Å². The molecular weight excluding hydrogens is 338 g/mol. The van der Waals surface area contributed by atoms with Gasteiger partial charge in [-0.3, -0.25) is 9.59 Å². The lowest BCUT2D eigenvalue weighted by molar-refractivity contribution is -0.136. The highest BCUT2D eigenvalue weighted by atomic mass is 16.2. The lowest BCUT2D eigenvalue weighted by atomic mass is 9.84. The number of fused-ring (bicyclic) bond motifs is 2. The Morgan fingerprint density at radius 2 is 1.74 bits per heavy atom. The van der Waals surface area contributed by atoms with Gasteiger partial charge in [0.2, 0.25) is 0 Å². The van der Waals surface area contributed by atoms with Crippen LogP contribution in [0, 0.1) is 17.8 Å². The molecule has 0 spiro atoms. The van der Waals surface area contributed by atoms with Crippen molar-refractivity contribution in [1.82, 2.24) is 5.32 Å². The largest absolute Gasteiger partial charge is 0.372 e. The summed E-state index contributed by atoms with van der Waals surface area (Å²) in [6.45, 7) is 4.23. The predicted molar refractivity (Wildman–Crippen MR) is 108 cm³/mol. The zero-order valence-electron chi connectivity index (χ0n) is 16.2. The first-order valence-corrected chi connectivity index (χ1v) is 10.6. The number of benzene rings is 1. The molecular formula is C22H31N3O2. The van der Waals surface area contributed by atoms with Gasteiger partial charge in [0, 0.05) is 30.5 Å². The molecule has 1 aliphatic heterocycles. The Hall–Kier alpha value is -2.04. The number of carbonyl (C=O) groups is 2. The maximum absolute atomic E-state index is 12.3. The third-order valence-corrected chi connectivity index (χ3v) is 6.85. The first kappa shape index (κ1) is 18.3. The van der Waals surface area contributed by atoms with E-state index in [1.807, 2.05) is 31.2 Å². The Morgan fingerprint density at radius 1 is 1.00 bits per heavy atom. The van der Waals surface area contributed by atoms with Gasteiger partial charge in [-0.1, -0.05) is 6.42 Å². The summed E-state index contributed by atoms with van der Waals surface area (Å²) in [4.78, 5) is 27.0. The number of nitrogens with one attached hydrogen (secondary N) is 2. The van der Waals surface area contributed by atoms with Crippen molar-refractivity contribution in [2.75, 3.05) is 23.3 Å². The number of hydrogen-bond donors (Lipinski definition) is 2. The average molecular weight is 370 g/mol. The molecule has 2 saturated carbocycles. The van der Waals surface area contributed by atoms with E-state index in [0.29, 0.717) is 11.6 Å². The number of rotatable bonds is 4. The Bertz CT molecular complexity index is 681. The SMILES string of the molecule is CC(NC(=O)C(=O)Nc1ccc(N2CCCCC2)cc1)C1CC2CCC1C2. The van der Waals surface area contributed by atoms with E-state index < -0.39 is 11.8 Å². The maximum atomic E-state index is 12.3. The summed E-state index contributed by atoms with van der Waals surface area (Å²) in [5, 5.41) is 5.66. The van der Waals surface area contributed by atoms with Crippen LogP contribution in [-0.2, 0) is 9.59 Å². The topological polar surface area (TPSA) is 61.4 Å². The van der Waals surface area contributed by atoms with Gasteiger partial charge in [-0.05, 0) is 87.5 Å². The van der Waals surface area contributed by atoms with Crippen LogP contribution in [0.1, 0.15) is 51.9 Å². The van der Waals surface area contributed by atoms with Crippen molar-refractivity contribution in [3.8, 4) is 0 Å². The molecule has 4 unspecified atom stereocenters.